The number of aromatic hydroxyl groups is 1. The van der Waals surface area contributed by atoms with Crippen LogP contribution in [-0.2, 0) is 4.79 Å². The molecule has 0 bridgehead atoms. The summed E-state index contributed by atoms with van der Waals surface area (Å²) in [6.07, 6.45) is 1.55. The lowest BCUT2D eigenvalue weighted by atomic mass is 10.1. The molecular weight excluding hydrogens is 276 g/mol. The van der Waals surface area contributed by atoms with Crippen LogP contribution in [0.2, 0.25) is 0 Å². The van der Waals surface area contributed by atoms with Crippen LogP contribution in [0.4, 0.5) is 5.69 Å². The first-order valence-corrected chi connectivity index (χ1v) is 6.12. The number of carbonyl (C=O) groups excluding carboxylic acids is 1. The Morgan fingerprint density at radius 2 is 2.29 bits per heavy atom. The van der Waals surface area contributed by atoms with Gasteiger partial charge in [0, 0.05) is 31.7 Å². The zero-order valence-corrected chi connectivity index (χ0v) is 11.5. The summed E-state index contributed by atoms with van der Waals surface area (Å²) in [5.74, 6) is 0.0950. The number of nitro benzene ring substituents is 1. The van der Waals surface area contributed by atoms with E-state index in [2.05, 4.69) is 10.3 Å². The van der Waals surface area contributed by atoms with Crippen LogP contribution >= 0.6 is 0 Å². The molecule has 2 N–H and O–H groups in total. The number of amides is 1. The average molecular weight is 290 g/mol. The third kappa shape index (κ3) is 3.35. The molecule has 0 fully saturated rings. The van der Waals surface area contributed by atoms with Gasteiger partial charge >= 0.3 is 0 Å². The number of nitrogens with zero attached hydrogens (tertiary/aromatic N) is 3. The molecule has 8 nitrogen and oxygen atoms in total. The standard InChI is InChI=1S/C13H14N4O4/c1-8(18)14-13-15-10(7-16(13)2)5-9-6-11(17(20)21)3-4-12(9)19/h3-6,19H,7H2,1-2H3,(H,14,15,18). The molecular formula is C13H14N4O4. The van der Waals surface area contributed by atoms with E-state index in [0.717, 1.165) is 0 Å². The zero-order chi connectivity index (χ0) is 15.6. The molecule has 0 unspecified atom stereocenters. The number of guanidine groups is 1. The Bertz CT molecular complexity index is 666. The number of aliphatic imine (C=N–C) groups is 1. The number of nitrogens with one attached hydrogen (secondary N) is 1. The SMILES string of the molecule is CC(=O)NC1=NC(=Cc2cc([N+](=O)[O-])ccc2O)CN1C. The van der Waals surface area contributed by atoms with Crippen molar-refractivity contribution in [3.8, 4) is 5.75 Å². The molecule has 1 aromatic carbocycles. The second-order valence-corrected chi connectivity index (χ2v) is 4.61. The summed E-state index contributed by atoms with van der Waals surface area (Å²) in [6, 6.07) is 3.76. The van der Waals surface area contributed by atoms with E-state index < -0.39 is 4.92 Å². The Hall–Kier alpha value is -2.90. The molecule has 0 saturated carbocycles. The number of nitro groups is 1. The van der Waals surface area contributed by atoms with Gasteiger partial charge in [0.2, 0.25) is 11.9 Å². The highest BCUT2D eigenvalue weighted by Crippen LogP contribution is 2.26. The summed E-state index contributed by atoms with van der Waals surface area (Å²) in [5.41, 5.74) is 0.773. The monoisotopic (exact) mass is 290 g/mol. The van der Waals surface area contributed by atoms with Crippen LogP contribution in [-0.4, -0.2) is 40.4 Å². The Labute approximate surface area is 120 Å². The zero-order valence-electron chi connectivity index (χ0n) is 11.5. The number of benzene rings is 1. The van der Waals surface area contributed by atoms with Crippen molar-refractivity contribution in [1.82, 2.24) is 10.2 Å². The van der Waals surface area contributed by atoms with Crippen LogP contribution in [0, 0.1) is 10.1 Å². The largest absolute Gasteiger partial charge is 0.507 e. The molecule has 0 atom stereocenters. The first-order valence-electron chi connectivity index (χ1n) is 6.12. The van der Waals surface area contributed by atoms with Gasteiger partial charge in [-0.05, 0) is 12.1 Å². The minimum absolute atomic E-state index is 0.0704. The fourth-order valence-electron chi connectivity index (χ4n) is 1.88. The Morgan fingerprint density at radius 3 is 2.90 bits per heavy atom. The van der Waals surface area contributed by atoms with Crippen LogP contribution < -0.4 is 5.32 Å². The van der Waals surface area contributed by atoms with Crippen molar-refractivity contribution in [3.63, 3.8) is 0 Å². The van der Waals surface area contributed by atoms with Crippen LogP contribution in [0.5, 0.6) is 5.75 Å². The predicted octanol–water partition coefficient (Wildman–Crippen LogP) is 1.08. The summed E-state index contributed by atoms with van der Waals surface area (Å²) in [7, 11) is 1.75. The van der Waals surface area contributed by atoms with Crippen molar-refractivity contribution in [2.75, 3.05) is 13.6 Å². The van der Waals surface area contributed by atoms with Gasteiger partial charge in [-0.2, -0.15) is 0 Å². The van der Waals surface area contributed by atoms with Gasteiger partial charge in [0.15, 0.2) is 0 Å². The maximum Gasteiger partial charge on any atom is 0.270 e. The molecule has 0 saturated heterocycles. The third-order valence-corrected chi connectivity index (χ3v) is 2.84. The number of rotatable bonds is 2. The van der Waals surface area contributed by atoms with Crippen LogP contribution in [0.15, 0.2) is 28.9 Å². The minimum atomic E-state index is -0.534. The molecule has 1 amide bonds. The quantitative estimate of drug-likeness (QED) is 0.626. The molecule has 0 radical (unpaired) electrons. The normalized spacial score (nSPS) is 16.0. The van der Waals surface area contributed by atoms with Gasteiger partial charge in [-0.1, -0.05) is 0 Å². The maximum absolute atomic E-state index is 11.0. The lowest BCUT2D eigenvalue weighted by Crippen LogP contribution is -2.38. The second-order valence-electron chi connectivity index (χ2n) is 4.61. The van der Waals surface area contributed by atoms with E-state index in [-0.39, 0.29) is 17.3 Å². The molecule has 0 spiro atoms. The molecule has 1 aliphatic heterocycles. The van der Waals surface area contributed by atoms with Gasteiger partial charge in [0.25, 0.3) is 5.69 Å². The van der Waals surface area contributed by atoms with Gasteiger partial charge < -0.3 is 10.0 Å². The van der Waals surface area contributed by atoms with Crippen LogP contribution in [0.3, 0.4) is 0 Å². The van der Waals surface area contributed by atoms with E-state index in [9.17, 15) is 20.0 Å². The van der Waals surface area contributed by atoms with Crippen LogP contribution in [0.1, 0.15) is 12.5 Å². The summed E-state index contributed by atoms with van der Waals surface area (Å²) in [6.45, 7) is 1.81. The van der Waals surface area contributed by atoms with E-state index >= 15 is 0 Å². The molecule has 0 aromatic heterocycles. The molecule has 1 heterocycles. The molecule has 21 heavy (non-hydrogen) atoms. The highest BCUT2D eigenvalue weighted by molar-refractivity contribution is 5.97. The Balaban J connectivity index is 2.32. The second kappa shape index (κ2) is 5.61. The third-order valence-electron chi connectivity index (χ3n) is 2.84. The number of hydrogen-bond donors (Lipinski definition) is 2. The number of carbonyl (C=O) groups is 1. The molecule has 1 aliphatic rings. The maximum atomic E-state index is 11.0. The molecule has 110 valence electrons. The highest BCUT2D eigenvalue weighted by Gasteiger charge is 2.18. The van der Waals surface area contributed by atoms with Crippen molar-refractivity contribution in [2.45, 2.75) is 6.92 Å². The number of non-ortho nitro benzene ring substituents is 1. The fraction of sp³-hybridized carbons (Fsp3) is 0.231. The van der Waals surface area contributed by atoms with Crippen LogP contribution in [0.25, 0.3) is 6.08 Å². The molecule has 1 aromatic rings. The van der Waals surface area contributed by atoms with Crippen molar-refractivity contribution in [2.24, 2.45) is 4.99 Å². The van der Waals surface area contributed by atoms with Gasteiger partial charge in [-0.3, -0.25) is 20.2 Å². The number of phenolic OH excluding ortho intramolecular Hbond substituents is 1. The van der Waals surface area contributed by atoms with Crippen molar-refractivity contribution >= 4 is 23.6 Å². The van der Waals surface area contributed by atoms with Crippen molar-refractivity contribution < 1.29 is 14.8 Å². The summed E-state index contributed by atoms with van der Waals surface area (Å²) in [4.78, 5) is 27.2. The van der Waals surface area contributed by atoms with E-state index in [1.807, 2.05) is 0 Å². The predicted molar refractivity (Wildman–Crippen MR) is 76.6 cm³/mol. The number of likely N-dealkylation sites (N-methyl/N-ethyl adjacent to an activating group) is 1. The van der Waals surface area contributed by atoms with Crippen molar-refractivity contribution in [1.29, 1.82) is 0 Å². The molecule has 2 rings (SSSR count). The van der Waals surface area contributed by atoms with Gasteiger partial charge in [-0.25, -0.2) is 4.99 Å². The van der Waals surface area contributed by atoms with E-state index in [1.54, 1.807) is 18.0 Å². The van der Waals surface area contributed by atoms with E-state index in [4.69, 9.17) is 0 Å². The Kier molecular flexibility index (Phi) is 3.88. The van der Waals surface area contributed by atoms with E-state index in [0.29, 0.717) is 23.8 Å². The highest BCUT2D eigenvalue weighted by atomic mass is 16.6. The first-order chi connectivity index (χ1) is 9.86. The van der Waals surface area contributed by atoms with E-state index in [1.165, 1.54) is 25.1 Å². The smallest absolute Gasteiger partial charge is 0.270 e. The first kappa shape index (κ1) is 14.5. The summed E-state index contributed by atoms with van der Waals surface area (Å²) < 4.78 is 0. The van der Waals surface area contributed by atoms with Crippen molar-refractivity contribution in [3.05, 3.63) is 39.6 Å². The lowest BCUT2D eigenvalue weighted by molar-refractivity contribution is -0.384. The van der Waals surface area contributed by atoms with Gasteiger partial charge in [0.1, 0.15) is 5.75 Å². The topological polar surface area (TPSA) is 108 Å². The summed E-state index contributed by atoms with van der Waals surface area (Å²) in [5, 5.41) is 23.1. The molecule has 8 heteroatoms. The van der Waals surface area contributed by atoms with Gasteiger partial charge in [0.05, 0.1) is 17.2 Å². The Morgan fingerprint density at radius 1 is 1.57 bits per heavy atom. The average Bonchev–Trinajstić information content (AvgIpc) is 2.71. The minimum Gasteiger partial charge on any atom is -0.507 e. The molecule has 0 aliphatic carbocycles. The summed E-state index contributed by atoms with van der Waals surface area (Å²) >= 11 is 0. The lowest BCUT2D eigenvalue weighted by Gasteiger charge is -2.12. The number of hydrogen-bond acceptors (Lipinski definition) is 6. The number of phenols is 1. The van der Waals surface area contributed by atoms with Gasteiger partial charge in [-0.15, -0.1) is 0 Å². The fourth-order valence-corrected chi connectivity index (χ4v) is 1.88.